The van der Waals surface area contributed by atoms with Crippen molar-refractivity contribution in [2.75, 3.05) is 0 Å². The average Bonchev–Trinajstić information content (AvgIpc) is 2.37. The molecule has 0 saturated carbocycles. The van der Waals surface area contributed by atoms with Crippen LogP contribution < -0.4 is 5.73 Å². The maximum absolute atomic E-state index is 13.7. The van der Waals surface area contributed by atoms with Crippen molar-refractivity contribution in [3.63, 3.8) is 0 Å². The largest absolute Gasteiger partial charge is 0.369 e. The van der Waals surface area contributed by atoms with Crippen molar-refractivity contribution >= 4 is 5.91 Å². The van der Waals surface area contributed by atoms with E-state index in [4.69, 9.17) is 5.73 Å². The van der Waals surface area contributed by atoms with E-state index in [9.17, 15) is 18.0 Å². The summed E-state index contributed by atoms with van der Waals surface area (Å²) in [6.07, 6.45) is 2.14. The summed E-state index contributed by atoms with van der Waals surface area (Å²) in [6.45, 7) is 5.40. The summed E-state index contributed by atoms with van der Waals surface area (Å²) in [5.41, 5.74) is 5.43. The third-order valence-electron chi connectivity index (χ3n) is 2.76. The fraction of sp³-hybridized carbons (Fsp3) is 0.267. The molecule has 2 atom stereocenters. The first-order valence-corrected chi connectivity index (χ1v) is 6.04. The minimum Gasteiger partial charge on any atom is -0.369 e. The minimum absolute atomic E-state index is 0.116. The van der Waals surface area contributed by atoms with Crippen LogP contribution >= 0.6 is 0 Å². The molecule has 0 radical (unpaired) electrons. The van der Waals surface area contributed by atoms with Gasteiger partial charge in [-0.1, -0.05) is 24.8 Å². The number of hydrogen-bond acceptors (Lipinski definition) is 1. The summed E-state index contributed by atoms with van der Waals surface area (Å²) in [7, 11) is 0. The van der Waals surface area contributed by atoms with Crippen molar-refractivity contribution in [2.24, 2.45) is 5.73 Å². The number of primary amides is 1. The lowest BCUT2D eigenvalue weighted by atomic mass is 9.91. The molecule has 108 valence electrons. The van der Waals surface area contributed by atoms with E-state index in [1.165, 1.54) is 6.08 Å². The Kier molecular flexibility index (Phi) is 5.55. The third-order valence-corrected chi connectivity index (χ3v) is 2.76. The first-order valence-electron chi connectivity index (χ1n) is 6.04. The summed E-state index contributed by atoms with van der Waals surface area (Å²) in [5, 5.41) is 0. The van der Waals surface area contributed by atoms with E-state index in [0.29, 0.717) is 11.6 Å². The molecule has 0 fully saturated rings. The maximum atomic E-state index is 13.7. The lowest BCUT2D eigenvalue weighted by Gasteiger charge is -2.18. The zero-order valence-corrected chi connectivity index (χ0v) is 11.1. The number of carbonyl (C=O) groups is 1. The molecular weight excluding hydrogens is 267 g/mol. The molecule has 0 saturated heterocycles. The van der Waals surface area contributed by atoms with E-state index in [1.54, 1.807) is 19.1 Å². The van der Waals surface area contributed by atoms with Crippen molar-refractivity contribution in [3.05, 3.63) is 59.5 Å². The van der Waals surface area contributed by atoms with Crippen LogP contribution in [0.25, 0.3) is 0 Å². The van der Waals surface area contributed by atoms with Gasteiger partial charge in [0.15, 0.2) is 12.3 Å². The summed E-state index contributed by atoms with van der Waals surface area (Å²) in [4.78, 5) is 11.0. The molecule has 2 N–H and O–H groups in total. The number of rotatable bonds is 5. The van der Waals surface area contributed by atoms with Crippen LogP contribution in [0.5, 0.6) is 0 Å². The smallest absolute Gasteiger partial charge is 0.221 e. The predicted octanol–water partition coefficient (Wildman–Crippen LogP) is 3.39. The third kappa shape index (κ3) is 3.98. The van der Waals surface area contributed by atoms with E-state index in [1.807, 2.05) is 0 Å². The monoisotopic (exact) mass is 283 g/mol. The quantitative estimate of drug-likeness (QED) is 0.772. The van der Waals surface area contributed by atoms with Crippen molar-refractivity contribution in [2.45, 2.75) is 25.7 Å². The van der Waals surface area contributed by atoms with E-state index >= 15 is 0 Å². The molecule has 1 aliphatic rings. The van der Waals surface area contributed by atoms with Gasteiger partial charge in [-0.3, -0.25) is 4.79 Å². The molecule has 0 spiro atoms. The number of carbonyl (C=O) groups excluding carboxylic acids is 1. The van der Waals surface area contributed by atoms with Crippen LogP contribution in [-0.4, -0.2) is 18.3 Å². The Morgan fingerprint density at radius 3 is 2.55 bits per heavy atom. The van der Waals surface area contributed by atoms with Crippen molar-refractivity contribution in [1.82, 2.24) is 0 Å². The van der Waals surface area contributed by atoms with Crippen molar-refractivity contribution in [3.8, 4) is 0 Å². The first kappa shape index (κ1) is 16.0. The van der Waals surface area contributed by atoms with Crippen LogP contribution in [0.2, 0.25) is 0 Å². The molecule has 0 aliphatic heterocycles. The zero-order valence-electron chi connectivity index (χ0n) is 11.1. The maximum Gasteiger partial charge on any atom is 0.221 e. The van der Waals surface area contributed by atoms with Gasteiger partial charge in [0.05, 0.1) is 6.42 Å². The van der Waals surface area contributed by atoms with Gasteiger partial charge >= 0.3 is 0 Å². The predicted molar refractivity (Wildman–Crippen MR) is 72.9 cm³/mol. The number of alkyl halides is 2. The van der Waals surface area contributed by atoms with Crippen LogP contribution in [0.15, 0.2) is 59.5 Å². The Balaban J connectivity index is 3.10. The second-order valence-electron chi connectivity index (χ2n) is 4.32. The molecule has 20 heavy (non-hydrogen) atoms. The molecular formula is C15H16F3NO. The van der Waals surface area contributed by atoms with Crippen LogP contribution in [0.3, 0.4) is 0 Å². The Hall–Kier alpha value is -2.04. The van der Waals surface area contributed by atoms with Gasteiger partial charge in [0.2, 0.25) is 5.91 Å². The topological polar surface area (TPSA) is 43.1 Å². The second-order valence-corrected chi connectivity index (χ2v) is 4.32. The molecule has 0 bridgehead atoms. The van der Waals surface area contributed by atoms with Gasteiger partial charge in [-0.05, 0) is 30.2 Å². The second kappa shape index (κ2) is 6.93. The van der Waals surface area contributed by atoms with Gasteiger partial charge in [-0.25, -0.2) is 13.2 Å². The number of hydrogen-bond donors (Lipinski definition) is 1. The lowest BCUT2D eigenvalue weighted by Crippen LogP contribution is -2.19. The van der Waals surface area contributed by atoms with Gasteiger partial charge in [0.1, 0.15) is 5.83 Å². The number of nitrogens with two attached hydrogens (primary N) is 1. The van der Waals surface area contributed by atoms with E-state index < -0.39 is 24.1 Å². The Morgan fingerprint density at radius 1 is 1.40 bits per heavy atom. The van der Waals surface area contributed by atoms with Crippen LogP contribution in [0, 0.1) is 0 Å². The molecule has 0 heterocycles. The highest BCUT2D eigenvalue weighted by atomic mass is 19.2. The van der Waals surface area contributed by atoms with Gasteiger partial charge in [0.25, 0.3) is 0 Å². The standard InChI is InChI=1S/C15H16F3NO/c1-3-4-5-10(6-15(19)20)9(2)11-7-13(17)14(18)8-12(11)16/h3-5,7-8,13-14H,2,6H2,1H3,(H2,19,20)/b4-3-,10-5-. The number of amides is 1. The van der Waals surface area contributed by atoms with E-state index in [-0.39, 0.29) is 17.6 Å². The summed E-state index contributed by atoms with van der Waals surface area (Å²) >= 11 is 0. The SMILES string of the molecule is C=C(C1=CC(F)C(F)C=C1F)/C(=C\C=C/C)CC(N)=O. The molecule has 1 aliphatic carbocycles. The van der Waals surface area contributed by atoms with E-state index in [2.05, 4.69) is 6.58 Å². The van der Waals surface area contributed by atoms with Gasteiger partial charge in [-0.2, -0.15) is 0 Å². The Bertz CT molecular complexity index is 529. The molecule has 2 nitrogen and oxygen atoms in total. The highest BCUT2D eigenvalue weighted by molar-refractivity contribution is 5.79. The fourth-order valence-electron chi connectivity index (χ4n) is 1.74. The molecule has 1 amide bonds. The summed E-state index contributed by atoms with van der Waals surface area (Å²) in [6, 6.07) is 0. The highest BCUT2D eigenvalue weighted by Crippen LogP contribution is 2.32. The molecule has 5 heteroatoms. The minimum atomic E-state index is -2.01. The van der Waals surface area contributed by atoms with Crippen LogP contribution in [0.1, 0.15) is 13.3 Å². The molecule has 0 aromatic carbocycles. The Morgan fingerprint density at radius 2 is 2.00 bits per heavy atom. The average molecular weight is 283 g/mol. The van der Waals surface area contributed by atoms with Crippen LogP contribution in [0.4, 0.5) is 13.2 Å². The molecule has 1 rings (SSSR count). The van der Waals surface area contributed by atoms with Gasteiger partial charge in [-0.15, -0.1) is 0 Å². The summed E-state index contributed by atoms with van der Waals surface area (Å²) in [5.74, 6) is -1.52. The van der Waals surface area contributed by atoms with Crippen molar-refractivity contribution < 1.29 is 18.0 Å². The highest BCUT2D eigenvalue weighted by Gasteiger charge is 2.26. The Labute approximate surface area is 115 Å². The van der Waals surface area contributed by atoms with Gasteiger partial charge < -0.3 is 5.73 Å². The lowest BCUT2D eigenvalue weighted by molar-refractivity contribution is -0.117. The van der Waals surface area contributed by atoms with Gasteiger partial charge in [0, 0.05) is 5.57 Å². The number of allylic oxidation sites excluding steroid dienone is 8. The molecule has 0 aromatic heterocycles. The molecule has 2 unspecified atom stereocenters. The fourth-order valence-corrected chi connectivity index (χ4v) is 1.74. The summed E-state index contributed by atoms with van der Waals surface area (Å²) < 4.78 is 40.0. The van der Waals surface area contributed by atoms with Crippen molar-refractivity contribution in [1.29, 1.82) is 0 Å². The first-order chi connectivity index (χ1) is 9.36. The zero-order chi connectivity index (χ0) is 15.3. The number of halogens is 3. The van der Waals surface area contributed by atoms with E-state index in [0.717, 1.165) is 6.08 Å². The molecule has 0 aromatic rings. The van der Waals surface area contributed by atoms with Crippen LogP contribution in [-0.2, 0) is 4.79 Å². The normalized spacial score (nSPS) is 23.5.